The summed E-state index contributed by atoms with van der Waals surface area (Å²) in [6, 6.07) is 9.57. The van der Waals surface area contributed by atoms with Crippen LogP contribution in [0.5, 0.6) is 0 Å². The van der Waals surface area contributed by atoms with Gasteiger partial charge in [-0.3, -0.25) is 0 Å². The summed E-state index contributed by atoms with van der Waals surface area (Å²) in [6.45, 7) is 2.08. The average molecular weight is 296 g/mol. The Hall–Kier alpha value is -1.45. The van der Waals surface area contributed by atoms with Crippen LogP contribution >= 0.6 is 23.2 Å². The van der Waals surface area contributed by atoms with Gasteiger partial charge in [0.05, 0.1) is 22.9 Å². The Kier molecular flexibility index (Phi) is 4.17. The van der Waals surface area contributed by atoms with Crippen molar-refractivity contribution >= 4 is 34.7 Å². The molecule has 3 nitrogen and oxygen atoms in total. The molecule has 5 heteroatoms. The standard InChI is InChI=1S/C14H15Cl2N3/c1-9(10-3-5-11(15)6-4-10)19(2)14-13(16)7-12(17)8-18-14/h3-9H,17H2,1-2H3. The fraction of sp³-hybridized carbons (Fsp3) is 0.214. The second kappa shape index (κ2) is 5.68. The highest BCUT2D eigenvalue weighted by Gasteiger charge is 2.16. The third kappa shape index (κ3) is 3.11. The van der Waals surface area contributed by atoms with E-state index in [-0.39, 0.29) is 6.04 Å². The van der Waals surface area contributed by atoms with Gasteiger partial charge in [-0.25, -0.2) is 4.98 Å². The predicted octanol–water partition coefficient (Wildman–Crippen LogP) is 4.17. The van der Waals surface area contributed by atoms with E-state index in [2.05, 4.69) is 11.9 Å². The van der Waals surface area contributed by atoms with Crippen LogP contribution in [0.3, 0.4) is 0 Å². The summed E-state index contributed by atoms with van der Waals surface area (Å²) >= 11 is 12.1. The fourth-order valence-corrected chi connectivity index (χ4v) is 2.29. The molecular formula is C14H15Cl2N3. The van der Waals surface area contributed by atoms with Crippen molar-refractivity contribution in [2.24, 2.45) is 0 Å². The summed E-state index contributed by atoms with van der Waals surface area (Å²) in [5, 5.41) is 1.27. The van der Waals surface area contributed by atoms with Crippen LogP contribution in [0.4, 0.5) is 11.5 Å². The van der Waals surface area contributed by atoms with Crippen LogP contribution in [-0.2, 0) is 0 Å². The molecular weight excluding hydrogens is 281 g/mol. The van der Waals surface area contributed by atoms with Gasteiger partial charge in [-0.15, -0.1) is 0 Å². The molecule has 0 spiro atoms. The predicted molar refractivity (Wildman–Crippen MR) is 81.9 cm³/mol. The zero-order chi connectivity index (χ0) is 14.0. The van der Waals surface area contributed by atoms with Crippen molar-refractivity contribution < 1.29 is 0 Å². The first-order valence-corrected chi connectivity index (χ1v) is 6.64. The first-order valence-electron chi connectivity index (χ1n) is 5.88. The zero-order valence-electron chi connectivity index (χ0n) is 10.8. The number of anilines is 2. The van der Waals surface area contributed by atoms with Crippen molar-refractivity contribution in [2.45, 2.75) is 13.0 Å². The van der Waals surface area contributed by atoms with Gasteiger partial charge >= 0.3 is 0 Å². The molecule has 1 aromatic heterocycles. The molecule has 2 aromatic rings. The van der Waals surface area contributed by atoms with E-state index in [4.69, 9.17) is 28.9 Å². The highest BCUT2D eigenvalue weighted by Crippen LogP contribution is 2.30. The van der Waals surface area contributed by atoms with Gasteiger partial charge in [0, 0.05) is 12.1 Å². The van der Waals surface area contributed by atoms with E-state index in [1.54, 1.807) is 12.3 Å². The van der Waals surface area contributed by atoms with Gasteiger partial charge in [0.2, 0.25) is 0 Å². The lowest BCUT2D eigenvalue weighted by Crippen LogP contribution is -2.23. The first kappa shape index (κ1) is 14.0. The summed E-state index contributed by atoms with van der Waals surface area (Å²) < 4.78 is 0. The Balaban J connectivity index is 2.27. The fourth-order valence-electron chi connectivity index (χ4n) is 1.85. The highest BCUT2D eigenvalue weighted by molar-refractivity contribution is 6.33. The monoisotopic (exact) mass is 295 g/mol. The topological polar surface area (TPSA) is 42.2 Å². The van der Waals surface area contributed by atoms with E-state index in [0.29, 0.717) is 16.5 Å². The van der Waals surface area contributed by atoms with Crippen molar-refractivity contribution in [3.05, 3.63) is 52.1 Å². The van der Waals surface area contributed by atoms with E-state index < -0.39 is 0 Å². The van der Waals surface area contributed by atoms with Crippen molar-refractivity contribution in [3.63, 3.8) is 0 Å². The molecule has 0 radical (unpaired) electrons. The van der Waals surface area contributed by atoms with Crippen molar-refractivity contribution in [3.8, 4) is 0 Å². The molecule has 19 heavy (non-hydrogen) atoms. The molecule has 2 N–H and O–H groups in total. The summed E-state index contributed by atoms with van der Waals surface area (Å²) in [5.41, 5.74) is 7.35. The first-order chi connectivity index (χ1) is 8.99. The van der Waals surface area contributed by atoms with Gasteiger partial charge in [-0.2, -0.15) is 0 Å². The molecule has 0 bridgehead atoms. The van der Waals surface area contributed by atoms with Crippen LogP contribution < -0.4 is 10.6 Å². The van der Waals surface area contributed by atoms with Crippen LogP contribution in [0.1, 0.15) is 18.5 Å². The molecule has 0 saturated carbocycles. The smallest absolute Gasteiger partial charge is 0.147 e. The van der Waals surface area contributed by atoms with E-state index in [1.807, 2.05) is 36.2 Å². The maximum absolute atomic E-state index is 6.18. The molecule has 0 aliphatic heterocycles. The minimum Gasteiger partial charge on any atom is -0.397 e. The van der Waals surface area contributed by atoms with E-state index in [9.17, 15) is 0 Å². The summed E-state index contributed by atoms with van der Waals surface area (Å²) in [7, 11) is 1.95. The van der Waals surface area contributed by atoms with Crippen LogP contribution in [0.25, 0.3) is 0 Å². The summed E-state index contributed by atoms with van der Waals surface area (Å²) in [6.07, 6.45) is 1.60. The third-order valence-electron chi connectivity index (χ3n) is 3.11. The maximum Gasteiger partial charge on any atom is 0.147 e. The summed E-state index contributed by atoms with van der Waals surface area (Å²) in [5.74, 6) is 0.707. The lowest BCUT2D eigenvalue weighted by molar-refractivity contribution is 0.729. The van der Waals surface area contributed by atoms with Gasteiger partial charge in [0.15, 0.2) is 0 Å². The number of benzene rings is 1. The number of nitrogen functional groups attached to an aromatic ring is 1. The van der Waals surface area contributed by atoms with Gasteiger partial charge < -0.3 is 10.6 Å². The van der Waals surface area contributed by atoms with Crippen molar-refractivity contribution in [1.82, 2.24) is 4.98 Å². The number of nitrogens with two attached hydrogens (primary N) is 1. The van der Waals surface area contributed by atoms with Crippen LogP contribution in [0.15, 0.2) is 36.5 Å². The lowest BCUT2D eigenvalue weighted by Gasteiger charge is -2.27. The van der Waals surface area contributed by atoms with Gasteiger partial charge in [0.1, 0.15) is 5.82 Å². The van der Waals surface area contributed by atoms with E-state index in [1.165, 1.54) is 0 Å². The molecule has 100 valence electrons. The van der Waals surface area contributed by atoms with Gasteiger partial charge in [-0.1, -0.05) is 35.3 Å². The van der Waals surface area contributed by atoms with E-state index in [0.717, 1.165) is 10.6 Å². The van der Waals surface area contributed by atoms with Crippen LogP contribution in [-0.4, -0.2) is 12.0 Å². The molecule has 0 amide bonds. The highest BCUT2D eigenvalue weighted by atomic mass is 35.5. The molecule has 1 aromatic carbocycles. The molecule has 0 aliphatic rings. The Bertz CT molecular complexity index is 569. The van der Waals surface area contributed by atoms with Gasteiger partial charge in [-0.05, 0) is 30.7 Å². The van der Waals surface area contributed by atoms with Crippen LogP contribution in [0, 0.1) is 0 Å². The normalized spacial score (nSPS) is 12.2. The van der Waals surface area contributed by atoms with Crippen molar-refractivity contribution in [2.75, 3.05) is 17.7 Å². The second-order valence-electron chi connectivity index (χ2n) is 4.41. The molecule has 0 saturated heterocycles. The van der Waals surface area contributed by atoms with Gasteiger partial charge in [0.25, 0.3) is 0 Å². The molecule has 1 unspecified atom stereocenters. The molecule has 0 aliphatic carbocycles. The minimum atomic E-state index is 0.130. The Labute approximate surface area is 123 Å². The molecule has 2 rings (SSSR count). The number of hydrogen-bond donors (Lipinski definition) is 1. The molecule has 1 heterocycles. The summed E-state index contributed by atoms with van der Waals surface area (Å²) in [4.78, 5) is 6.29. The zero-order valence-corrected chi connectivity index (χ0v) is 12.3. The number of aromatic nitrogens is 1. The Morgan fingerprint density at radius 3 is 2.42 bits per heavy atom. The lowest BCUT2D eigenvalue weighted by atomic mass is 10.1. The third-order valence-corrected chi connectivity index (χ3v) is 3.64. The average Bonchev–Trinajstić information content (AvgIpc) is 2.38. The maximum atomic E-state index is 6.18. The number of halogens is 2. The number of pyridine rings is 1. The molecule has 0 fully saturated rings. The Morgan fingerprint density at radius 1 is 1.21 bits per heavy atom. The minimum absolute atomic E-state index is 0.130. The number of nitrogens with zero attached hydrogens (tertiary/aromatic N) is 2. The van der Waals surface area contributed by atoms with Crippen molar-refractivity contribution in [1.29, 1.82) is 0 Å². The SMILES string of the molecule is CC(c1ccc(Cl)cc1)N(C)c1ncc(N)cc1Cl. The quantitative estimate of drug-likeness (QED) is 0.924. The Morgan fingerprint density at radius 2 is 1.84 bits per heavy atom. The largest absolute Gasteiger partial charge is 0.397 e. The number of hydrogen-bond acceptors (Lipinski definition) is 3. The molecule has 1 atom stereocenters. The van der Waals surface area contributed by atoms with E-state index >= 15 is 0 Å². The number of rotatable bonds is 3. The second-order valence-corrected chi connectivity index (χ2v) is 5.26. The van der Waals surface area contributed by atoms with Crippen LogP contribution in [0.2, 0.25) is 10.0 Å².